The first kappa shape index (κ1) is 17.4. The highest BCUT2D eigenvalue weighted by Gasteiger charge is 2.30. The van der Waals surface area contributed by atoms with Crippen molar-refractivity contribution in [2.24, 2.45) is 0 Å². The third-order valence-corrected chi connectivity index (χ3v) is 4.71. The van der Waals surface area contributed by atoms with Crippen molar-refractivity contribution in [2.75, 3.05) is 0 Å². The van der Waals surface area contributed by atoms with Gasteiger partial charge in [0.1, 0.15) is 11.6 Å². The number of halogens is 4. The van der Waals surface area contributed by atoms with E-state index in [-0.39, 0.29) is 5.82 Å². The Morgan fingerprint density at radius 3 is 2.15 bits per heavy atom. The van der Waals surface area contributed by atoms with Crippen LogP contribution in [0.5, 0.6) is 0 Å². The summed E-state index contributed by atoms with van der Waals surface area (Å²) in [6.45, 7) is 0. The zero-order valence-corrected chi connectivity index (χ0v) is 14.4. The first-order chi connectivity index (χ1) is 12.9. The molecular weight excluding hydrogens is 378 g/mol. The minimum absolute atomic E-state index is 0.360. The first-order valence-electron chi connectivity index (χ1n) is 7.84. The molecule has 0 saturated heterocycles. The Labute approximate surface area is 155 Å². The Morgan fingerprint density at radius 1 is 0.889 bits per heavy atom. The molecule has 2 aromatic heterocycles. The minimum atomic E-state index is -4.40. The molecule has 0 radical (unpaired) electrons. The van der Waals surface area contributed by atoms with Crippen LogP contribution in [0.3, 0.4) is 0 Å². The Balaban J connectivity index is 1.82. The Kier molecular flexibility index (Phi) is 4.27. The molecule has 0 N–H and O–H groups in total. The molecule has 4 rings (SSSR count). The number of hydrogen-bond acceptors (Lipinski definition) is 3. The van der Waals surface area contributed by atoms with E-state index < -0.39 is 11.7 Å². The zero-order valence-electron chi connectivity index (χ0n) is 13.6. The molecule has 2 heterocycles. The van der Waals surface area contributed by atoms with E-state index in [2.05, 4.69) is 9.97 Å². The molecule has 2 aromatic carbocycles. The normalized spacial score (nSPS) is 11.7. The van der Waals surface area contributed by atoms with Crippen molar-refractivity contribution in [3.63, 3.8) is 0 Å². The van der Waals surface area contributed by atoms with E-state index in [4.69, 9.17) is 0 Å². The number of alkyl halides is 3. The molecule has 0 atom stereocenters. The summed E-state index contributed by atoms with van der Waals surface area (Å²) >= 11 is 1.38. The number of hydrogen-bond donors (Lipinski definition) is 0. The van der Waals surface area contributed by atoms with Crippen LogP contribution >= 0.6 is 11.3 Å². The summed E-state index contributed by atoms with van der Waals surface area (Å²) in [4.78, 5) is 8.81. The number of rotatable bonds is 3. The van der Waals surface area contributed by atoms with Crippen molar-refractivity contribution in [3.05, 3.63) is 77.7 Å². The number of benzene rings is 2. The van der Waals surface area contributed by atoms with Gasteiger partial charge in [-0.3, -0.25) is 4.57 Å². The van der Waals surface area contributed by atoms with Crippen molar-refractivity contribution in [3.8, 4) is 27.8 Å². The lowest BCUT2D eigenvalue weighted by Gasteiger charge is -2.08. The number of imidazole rings is 1. The maximum Gasteiger partial charge on any atom is 0.416 e. The van der Waals surface area contributed by atoms with E-state index in [1.54, 1.807) is 34.5 Å². The van der Waals surface area contributed by atoms with Gasteiger partial charge in [0, 0.05) is 28.9 Å². The van der Waals surface area contributed by atoms with Gasteiger partial charge in [0.2, 0.25) is 0 Å². The average molecular weight is 389 g/mol. The molecule has 136 valence electrons. The molecule has 4 aromatic rings. The second-order valence-corrected chi connectivity index (χ2v) is 6.59. The molecule has 0 spiro atoms. The van der Waals surface area contributed by atoms with Crippen LogP contribution in [0, 0.1) is 5.82 Å². The van der Waals surface area contributed by atoms with Crippen LogP contribution in [0.25, 0.3) is 27.8 Å². The molecule has 0 unspecified atom stereocenters. The predicted octanol–water partition coefficient (Wildman–Crippen LogP) is 5.82. The Hall–Kier alpha value is -3.00. The van der Waals surface area contributed by atoms with Gasteiger partial charge in [-0.2, -0.15) is 13.2 Å². The van der Waals surface area contributed by atoms with Crippen molar-refractivity contribution >= 4 is 11.3 Å². The topological polar surface area (TPSA) is 30.7 Å². The summed E-state index contributed by atoms with van der Waals surface area (Å²) in [6.07, 6.45) is -1.03. The largest absolute Gasteiger partial charge is 0.416 e. The summed E-state index contributed by atoms with van der Waals surface area (Å²) in [7, 11) is 0. The highest BCUT2D eigenvalue weighted by Crippen LogP contribution is 2.33. The van der Waals surface area contributed by atoms with Crippen molar-refractivity contribution in [2.45, 2.75) is 6.18 Å². The predicted molar refractivity (Wildman–Crippen MR) is 95.1 cm³/mol. The van der Waals surface area contributed by atoms with Crippen LogP contribution in [0.2, 0.25) is 0 Å². The standard InChI is InChI=1S/C19H11F4N3S/c20-15-7-3-12(4-8-15)16-11-26(18-24-9-10-27-18)17(25-16)13-1-5-14(6-2-13)19(21,22)23/h1-11H. The van der Waals surface area contributed by atoms with E-state index in [9.17, 15) is 17.6 Å². The number of thiazole rings is 1. The fourth-order valence-corrected chi connectivity index (χ4v) is 3.25. The van der Waals surface area contributed by atoms with Gasteiger partial charge >= 0.3 is 6.18 Å². The quantitative estimate of drug-likeness (QED) is 0.413. The summed E-state index contributed by atoms with van der Waals surface area (Å²) in [6, 6.07) is 10.7. The van der Waals surface area contributed by atoms with Crippen LogP contribution in [0.4, 0.5) is 17.6 Å². The van der Waals surface area contributed by atoms with Crippen molar-refractivity contribution in [1.29, 1.82) is 0 Å². The summed E-state index contributed by atoms with van der Waals surface area (Å²) in [5, 5.41) is 2.43. The lowest BCUT2D eigenvalue weighted by atomic mass is 10.1. The fourth-order valence-electron chi connectivity index (χ4n) is 2.63. The van der Waals surface area contributed by atoms with Crippen LogP contribution < -0.4 is 0 Å². The van der Waals surface area contributed by atoms with Gasteiger partial charge in [0.05, 0.1) is 11.3 Å². The van der Waals surface area contributed by atoms with Crippen molar-refractivity contribution in [1.82, 2.24) is 14.5 Å². The molecule has 8 heteroatoms. The molecule has 0 saturated carbocycles. The fraction of sp³-hybridized carbons (Fsp3) is 0.0526. The van der Waals surface area contributed by atoms with Gasteiger partial charge in [0.25, 0.3) is 0 Å². The van der Waals surface area contributed by atoms with Gasteiger partial charge in [-0.1, -0.05) is 12.1 Å². The van der Waals surface area contributed by atoms with E-state index in [0.717, 1.165) is 12.1 Å². The minimum Gasteiger partial charge on any atom is -0.275 e. The molecular formula is C19H11F4N3S. The van der Waals surface area contributed by atoms with Gasteiger partial charge in [-0.05, 0) is 36.4 Å². The zero-order chi connectivity index (χ0) is 19.0. The lowest BCUT2D eigenvalue weighted by molar-refractivity contribution is -0.137. The highest BCUT2D eigenvalue weighted by molar-refractivity contribution is 7.12. The maximum atomic E-state index is 13.2. The monoisotopic (exact) mass is 389 g/mol. The molecule has 3 nitrogen and oxygen atoms in total. The lowest BCUT2D eigenvalue weighted by Crippen LogP contribution is -2.04. The van der Waals surface area contributed by atoms with Crippen LogP contribution in [0.1, 0.15) is 5.56 Å². The molecule has 0 fully saturated rings. The van der Waals surface area contributed by atoms with Crippen LogP contribution in [-0.2, 0) is 6.18 Å². The van der Waals surface area contributed by atoms with Crippen LogP contribution in [0.15, 0.2) is 66.3 Å². The number of aromatic nitrogens is 3. The molecule has 27 heavy (non-hydrogen) atoms. The first-order valence-corrected chi connectivity index (χ1v) is 8.72. The Bertz CT molecular complexity index is 1050. The number of nitrogens with zero attached hydrogens (tertiary/aromatic N) is 3. The SMILES string of the molecule is Fc1ccc(-c2cn(-c3nccs3)c(-c3ccc(C(F)(F)F)cc3)n2)cc1. The molecule has 0 aliphatic heterocycles. The summed E-state index contributed by atoms with van der Waals surface area (Å²) in [5.41, 5.74) is 1.06. The summed E-state index contributed by atoms with van der Waals surface area (Å²) in [5.74, 6) is 0.0964. The average Bonchev–Trinajstić information content (AvgIpc) is 3.31. The maximum absolute atomic E-state index is 13.2. The molecule has 0 bridgehead atoms. The third-order valence-electron chi connectivity index (χ3n) is 3.94. The van der Waals surface area contributed by atoms with E-state index in [1.807, 2.05) is 0 Å². The highest BCUT2D eigenvalue weighted by atomic mass is 32.1. The van der Waals surface area contributed by atoms with E-state index in [1.165, 1.54) is 35.6 Å². The smallest absolute Gasteiger partial charge is 0.275 e. The molecule has 0 aliphatic carbocycles. The molecule has 0 amide bonds. The van der Waals surface area contributed by atoms with Gasteiger partial charge in [0.15, 0.2) is 5.13 Å². The third kappa shape index (κ3) is 3.48. The summed E-state index contributed by atoms with van der Waals surface area (Å²) < 4.78 is 53.4. The van der Waals surface area contributed by atoms with E-state index in [0.29, 0.717) is 27.8 Å². The van der Waals surface area contributed by atoms with Crippen molar-refractivity contribution < 1.29 is 17.6 Å². The van der Waals surface area contributed by atoms with Gasteiger partial charge in [-0.15, -0.1) is 11.3 Å². The van der Waals surface area contributed by atoms with Gasteiger partial charge < -0.3 is 0 Å². The second kappa shape index (κ2) is 6.62. The van der Waals surface area contributed by atoms with Gasteiger partial charge in [-0.25, -0.2) is 14.4 Å². The Morgan fingerprint density at radius 2 is 1.56 bits per heavy atom. The van der Waals surface area contributed by atoms with Crippen LogP contribution in [-0.4, -0.2) is 14.5 Å². The second-order valence-electron chi connectivity index (χ2n) is 5.72. The molecule has 0 aliphatic rings. The van der Waals surface area contributed by atoms with E-state index >= 15 is 0 Å².